The smallest absolute Gasteiger partial charge is 0.309 e. The van der Waals surface area contributed by atoms with Gasteiger partial charge in [0.25, 0.3) is 0 Å². The molecule has 0 aliphatic carbocycles. The van der Waals surface area contributed by atoms with Gasteiger partial charge in [0.2, 0.25) is 0 Å². The van der Waals surface area contributed by atoms with E-state index in [1.807, 2.05) is 72.8 Å². The van der Waals surface area contributed by atoms with Gasteiger partial charge in [0.15, 0.2) is 0 Å². The molecule has 0 aliphatic heterocycles. The van der Waals surface area contributed by atoms with Crippen LogP contribution in [0.3, 0.4) is 0 Å². The van der Waals surface area contributed by atoms with E-state index in [1.54, 1.807) is 45.5 Å². The Bertz CT molecular complexity index is 2760. The second-order valence-corrected chi connectivity index (χ2v) is 15.7. The maximum Gasteiger partial charge on any atom is 0.420 e. The highest BCUT2D eigenvalue weighted by Gasteiger charge is 2.40. The lowest BCUT2D eigenvalue weighted by molar-refractivity contribution is -0.137. The monoisotopic (exact) mass is 689 g/mol. The average molecular weight is 690 g/mol. The quantitative estimate of drug-likeness (QED) is 0.182. The van der Waals surface area contributed by atoms with Crippen LogP contribution in [-0.4, -0.2) is 9.13 Å². The van der Waals surface area contributed by atoms with Crippen molar-refractivity contribution in [3.63, 3.8) is 0 Å². The molecule has 6 aromatic carbocycles. The predicted octanol–water partition coefficient (Wildman–Crippen LogP) is 13.0. The number of fused-ring (bicyclic) bond motifs is 6. The molecule has 0 bridgehead atoms. The summed E-state index contributed by atoms with van der Waals surface area (Å²) in [5.74, 6) is 0. The summed E-state index contributed by atoms with van der Waals surface area (Å²) in [5.41, 5.74) is 4.92. The van der Waals surface area contributed by atoms with Gasteiger partial charge in [-0.15, -0.1) is 0 Å². The van der Waals surface area contributed by atoms with Gasteiger partial charge in [0.05, 0.1) is 45.1 Å². The molecule has 0 fully saturated rings. The van der Waals surface area contributed by atoms with Gasteiger partial charge in [-0.3, -0.25) is 0 Å². The summed E-state index contributed by atoms with van der Waals surface area (Å²) in [4.78, 5) is 0. The standard InChI is InChI=1S/C46H38F3N3/c1-44(2,3)30-18-20-35-33-14-7-9-16-37(33)51(40(35)25-30)39-23-22-32(29-13-11-12-28(24-29)27-50)43(42(39)46(47,48)49)52-38-17-10-8-15-34(38)36-21-19-31(26-41(36)52)45(4,5)6/h7-26H,1-6H3. The summed E-state index contributed by atoms with van der Waals surface area (Å²) in [6.07, 6.45) is -4.79. The van der Waals surface area contributed by atoms with E-state index >= 15 is 13.2 Å². The fraction of sp³-hybridized carbons (Fsp3) is 0.196. The Morgan fingerprint density at radius 1 is 0.519 bits per heavy atom. The van der Waals surface area contributed by atoms with Crippen LogP contribution in [0.4, 0.5) is 13.2 Å². The highest BCUT2D eigenvalue weighted by atomic mass is 19.4. The summed E-state index contributed by atoms with van der Waals surface area (Å²) < 4.78 is 52.8. The molecule has 6 heteroatoms. The summed E-state index contributed by atoms with van der Waals surface area (Å²) in [7, 11) is 0. The van der Waals surface area contributed by atoms with Gasteiger partial charge >= 0.3 is 6.18 Å². The number of nitriles is 1. The van der Waals surface area contributed by atoms with E-state index in [0.717, 1.165) is 32.7 Å². The fourth-order valence-electron chi connectivity index (χ4n) is 7.64. The first-order chi connectivity index (χ1) is 24.7. The van der Waals surface area contributed by atoms with Crippen LogP contribution in [0.15, 0.2) is 121 Å². The Morgan fingerprint density at radius 2 is 1.04 bits per heavy atom. The first kappa shape index (κ1) is 33.3. The average Bonchev–Trinajstić information content (AvgIpc) is 3.62. The van der Waals surface area contributed by atoms with Gasteiger partial charge in [-0.25, -0.2) is 0 Å². The molecule has 3 nitrogen and oxygen atoms in total. The summed E-state index contributed by atoms with van der Waals surface area (Å²) in [6.45, 7) is 12.7. The molecule has 8 rings (SSSR count). The van der Waals surface area contributed by atoms with Crippen LogP contribution in [0.25, 0.3) is 66.1 Å². The molecule has 0 N–H and O–H groups in total. The summed E-state index contributed by atoms with van der Waals surface area (Å²) in [5, 5.41) is 13.3. The third-order valence-electron chi connectivity index (χ3n) is 10.3. The molecule has 0 amide bonds. The zero-order chi connectivity index (χ0) is 36.7. The summed E-state index contributed by atoms with van der Waals surface area (Å²) >= 11 is 0. The van der Waals surface area contributed by atoms with E-state index in [0.29, 0.717) is 38.8 Å². The molecule has 0 saturated heterocycles. The molecule has 8 aromatic rings. The van der Waals surface area contributed by atoms with Gasteiger partial charge in [-0.1, -0.05) is 120 Å². The largest absolute Gasteiger partial charge is 0.420 e. The lowest BCUT2D eigenvalue weighted by atomic mass is 9.86. The van der Waals surface area contributed by atoms with Crippen molar-refractivity contribution < 1.29 is 13.2 Å². The van der Waals surface area contributed by atoms with Crippen molar-refractivity contribution in [3.8, 4) is 28.6 Å². The maximum atomic E-state index is 16.4. The third-order valence-corrected chi connectivity index (χ3v) is 10.3. The van der Waals surface area contributed by atoms with E-state index in [4.69, 9.17) is 0 Å². The van der Waals surface area contributed by atoms with Crippen molar-refractivity contribution in [1.82, 2.24) is 9.13 Å². The third kappa shape index (κ3) is 5.26. The van der Waals surface area contributed by atoms with Crippen LogP contribution in [0.2, 0.25) is 0 Å². The van der Waals surface area contributed by atoms with Crippen molar-refractivity contribution in [3.05, 3.63) is 144 Å². The number of hydrogen-bond donors (Lipinski definition) is 0. The Morgan fingerprint density at radius 3 is 1.58 bits per heavy atom. The van der Waals surface area contributed by atoms with E-state index in [-0.39, 0.29) is 22.2 Å². The molecule has 2 aromatic heterocycles. The van der Waals surface area contributed by atoms with E-state index in [2.05, 4.69) is 59.7 Å². The highest BCUT2D eigenvalue weighted by molar-refractivity contribution is 6.11. The molecule has 0 spiro atoms. The lowest BCUT2D eigenvalue weighted by Gasteiger charge is -2.25. The molecule has 0 aliphatic rings. The highest BCUT2D eigenvalue weighted by Crippen LogP contribution is 2.48. The van der Waals surface area contributed by atoms with E-state index < -0.39 is 11.7 Å². The van der Waals surface area contributed by atoms with Crippen LogP contribution >= 0.6 is 0 Å². The minimum absolute atomic E-state index is 0.0234. The molecule has 2 heterocycles. The molecule has 0 atom stereocenters. The zero-order valence-electron chi connectivity index (χ0n) is 30.0. The Labute approximate surface area is 301 Å². The van der Waals surface area contributed by atoms with Crippen LogP contribution < -0.4 is 0 Å². The van der Waals surface area contributed by atoms with Crippen LogP contribution in [0, 0.1) is 11.3 Å². The van der Waals surface area contributed by atoms with E-state index in [9.17, 15) is 5.26 Å². The number of nitrogens with zero attached hydrogens (tertiary/aromatic N) is 3. The molecular formula is C46H38F3N3. The second-order valence-electron chi connectivity index (χ2n) is 15.7. The van der Waals surface area contributed by atoms with Gasteiger partial charge in [-0.05, 0) is 70.0 Å². The van der Waals surface area contributed by atoms with Crippen molar-refractivity contribution in [2.45, 2.75) is 58.5 Å². The van der Waals surface area contributed by atoms with Crippen LogP contribution in [0.1, 0.15) is 63.8 Å². The molecule has 0 saturated carbocycles. The van der Waals surface area contributed by atoms with Crippen molar-refractivity contribution in [1.29, 1.82) is 5.26 Å². The maximum absolute atomic E-state index is 16.4. The number of hydrogen-bond acceptors (Lipinski definition) is 1. The van der Waals surface area contributed by atoms with Gasteiger partial charge in [0.1, 0.15) is 5.56 Å². The van der Waals surface area contributed by atoms with E-state index in [1.165, 1.54) is 0 Å². The van der Waals surface area contributed by atoms with Crippen molar-refractivity contribution >= 4 is 43.6 Å². The Kier molecular flexibility index (Phi) is 7.45. The Hall–Kier alpha value is -5.80. The molecular weight excluding hydrogens is 652 g/mol. The molecule has 0 radical (unpaired) electrons. The van der Waals surface area contributed by atoms with Crippen molar-refractivity contribution in [2.75, 3.05) is 0 Å². The van der Waals surface area contributed by atoms with Crippen LogP contribution in [-0.2, 0) is 17.0 Å². The lowest BCUT2D eigenvalue weighted by Crippen LogP contribution is -2.17. The number of para-hydroxylation sites is 2. The number of benzene rings is 6. The second kappa shape index (κ2) is 11.6. The first-order valence-corrected chi connectivity index (χ1v) is 17.5. The summed E-state index contributed by atoms with van der Waals surface area (Å²) in [6, 6.07) is 40.0. The van der Waals surface area contributed by atoms with Crippen molar-refractivity contribution in [2.24, 2.45) is 0 Å². The molecule has 52 heavy (non-hydrogen) atoms. The number of alkyl halides is 3. The SMILES string of the molecule is CC(C)(C)c1ccc2c3ccccc3n(-c3ccc(-c4cccc(C#N)c4)c(-n4c5ccccc5c5ccc(C(C)(C)C)cc54)c3C(F)(F)F)c2c1. The fourth-order valence-corrected chi connectivity index (χ4v) is 7.64. The van der Waals surface area contributed by atoms with Gasteiger partial charge < -0.3 is 9.13 Å². The predicted molar refractivity (Wildman–Crippen MR) is 208 cm³/mol. The Balaban J connectivity index is 1.61. The minimum Gasteiger partial charge on any atom is -0.309 e. The number of halogens is 3. The topological polar surface area (TPSA) is 33.6 Å². The number of aromatic nitrogens is 2. The van der Waals surface area contributed by atoms with Gasteiger partial charge in [-0.2, -0.15) is 18.4 Å². The number of rotatable bonds is 3. The minimum atomic E-state index is -4.79. The zero-order valence-corrected chi connectivity index (χ0v) is 30.0. The first-order valence-electron chi connectivity index (χ1n) is 17.5. The van der Waals surface area contributed by atoms with Gasteiger partial charge in [0, 0.05) is 27.1 Å². The van der Waals surface area contributed by atoms with Crippen LogP contribution in [0.5, 0.6) is 0 Å². The normalized spacial score (nSPS) is 12.7. The molecule has 258 valence electrons. The molecule has 0 unspecified atom stereocenters.